The molecular formula is C16H26Cl3FN2. The molecule has 1 N–H and O–H groups in total. The number of piperazine rings is 1. The number of halogens is 4. The number of benzene rings is 1. The fourth-order valence-corrected chi connectivity index (χ4v) is 2.98. The molecule has 1 fully saturated rings. The number of hydrogen-bond acceptors (Lipinski definition) is 2. The highest BCUT2D eigenvalue weighted by molar-refractivity contribution is 6.30. The topological polar surface area (TPSA) is 15.3 Å². The van der Waals surface area contributed by atoms with Crippen LogP contribution in [-0.4, -0.2) is 31.1 Å². The normalized spacial score (nSPS) is 16.5. The molecule has 0 aromatic heterocycles. The van der Waals surface area contributed by atoms with Crippen LogP contribution in [0.1, 0.15) is 44.2 Å². The van der Waals surface area contributed by atoms with Gasteiger partial charge < -0.3 is 5.32 Å². The molecule has 1 saturated heterocycles. The molecule has 1 heterocycles. The molecule has 0 radical (unpaired) electrons. The molecule has 128 valence electrons. The molecule has 1 aliphatic rings. The zero-order chi connectivity index (χ0) is 14.4. The van der Waals surface area contributed by atoms with Crippen molar-refractivity contribution in [3.05, 3.63) is 34.6 Å². The fourth-order valence-electron chi connectivity index (χ4n) is 2.86. The molecule has 22 heavy (non-hydrogen) atoms. The van der Waals surface area contributed by atoms with Crippen molar-refractivity contribution in [3.8, 4) is 0 Å². The Morgan fingerprint density at radius 3 is 2.50 bits per heavy atom. The van der Waals surface area contributed by atoms with Gasteiger partial charge in [0.2, 0.25) is 0 Å². The second kappa shape index (κ2) is 11.5. The minimum atomic E-state index is -0.306. The summed E-state index contributed by atoms with van der Waals surface area (Å²) in [6.45, 7) is 6.30. The maximum absolute atomic E-state index is 13.7. The molecule has 1 aromatic carbocycles. The lowest BCUT2D eigenvalue weighted by atomic mass is 9.98. The molecule has 0 saturated carbocycles. The van der Waals surface area contributed by atoms with Crippen LogP contribution < -0.4 is 5.32 Å². The van der Waals surface area contributed by atoms with E-state index in [9.17, 15) is 4.39 Å². The average molecular weight is 372 g/mol. The van der Waals surface area contributed by atoms with Crippen LogP contribution in [0.5, 0.6) is 0 Å². The van der Waals surface area contributed by atoms with Crippen LogP contribution >= 0.6 is 36.4 Å². The Bertz CT molecular complexity index is 426. The summed E-state index contributed by atoms with van der Waals surface area (Å²) in [6.07, 6.45) is 4.73. The molecule has 0 amide bonds. The van der Waals surface area contributed by atoms with Crippen molar-refractivity contribution in [1.29, 1.82) is 0 Å². The van der Waals surface area contributed by atoms with Gasteiger partial charge in [0, 0.05) is 32.2 Å². The Kier molecular flexibility index (Phi) is 11.4. The Morgan fingerprint density at radius 2 is 1.91 bits per heavy atom. The summed E-state index contributed by atoms with van der Waals surface area (Å²) in [5.41, 5.74) is 1.06. The van der Waals surface area contributed by atoms with Gasteiger partial charge in [-0.3, -0.25) is 4.90 Å². The van der Waals surface area contributed by atoms with Gasteiger partial charge in [-0.1, -0.05) is 43.9 Å². The second-order valence-electron chi connectivity index (χ2n) is 5.47. The van der Waals surface area contributed by atoms with Gasteiger partial charge in [0.25, 0.3) is 0 Å². The molecule has 0 spiro atoms. The summed E-state index contributed by atoms with van der Waals surface area (Å²) in [7, 11) is 0. The van der Waals surface area contributed by atoms with Gasteiger partial charge in [-0.2, -0.15) is 0 Å². The summed E-state index contributed by atoms with van der Waals surface area (Å²) >= 11 is 5.80. The van der Waals surface area contributed by atoms with E-state index in [1.807, 2.05) is 6.07 Å². The van der Waals surface area contributed by atoms with Gasteiger partial charge in [-0.15, -0.1) is 24.8 Å². The van der Waals surface area contributed by atoms with E-state index in [0.29, 0.717) is 6.04 Å². The third-order valence-corrected chi connectivity index (χ3v) is 4.31. The quantitative estimate of drug-likeness (QED) is 0.719. The Labute approximate surface area is 150 Å². The number of nitrogens with one attached hydrogen (secondary N) is 1. The molecule has 6 heteroatoms. The highest BCUT2D eigenvalue weighted by Crippen LogP contribution is 2.29. The van der Waals surface area contributed by atoms with E-state index in [1.165, 1.54) is 19.3 Å². The highest BCUT2D eigenvalue weighted by Gasteiger charge is 2.22. The molecule has 2 nitrogen and oxygen atoms in total. The van der Waals surface area contributed by atoms with Crippen LogP contribution in [-0.2, 0) is 0 Å². The monoisotopic (exact) mass is 370 g/mol. The molecule has 1 atom stereocenters. The first-order valence-corrected chi connectivity index (χ1v) is 8.00. The van der Waals surface area contributed by atoms with Crippen molar-refractivity contribution in [2.45, 2.75) is 38.6 Å². The van der Waals surface area contributed by atoms with Crippen LogP contribution in [0.15, 0.2) is 18.2 Å². The van der Waals surface area contributed by atoms with E-state index in [0.717, 1.165) is 38.2 Å². The average Bonchev–Trinajstić information content (AvgIpc) is 2.48. The SMILES string of the molecule is CCCCC[C@H](c1ccc(Cl)c(F)c1)N1CCNCC1.Cl.Cl. The zero-order valence-corrected chi connectivity index (χ0v) is 15.4. The Hall–Kier alpha value is -0.0600. The minimum Gasteiger partial charge on any atom is -0.314 e. The first-order valence-electron chi connectivity index (χ1n) is 7.62. The number of unbranched alkanes of at least 4 members (excludes halogenated alkanes) is 2. The smallest absolute Gasteiger partial charge is 0.142 e. The molecule has 1 aliphatic heterocycles. The summed E-state index contributed by atoms with van der Waals surface area (Å²) in [4.78, 5) is 2.47. The Morgan fingerprint density at radius 1 is 1.23 bits per heavy atom. The molecule has 0 aliphatic carbocycles. The molecule has 1 aromatic rings. The van der Waals surface area contributed by atoms with E-state index >= 15 is 0 Å². The molecular weight excluding hydrogens is 346 g/mol. The number of hydrogen-bond donors (Lipinski definition) is 1. The summed E-state index contributed by atoms with van der Waals surface area (Å²) in [5.74, 6) is -0.306. The zero-order valence-electron chi connectivity index (χ0n) is 13.0. The van der Waals surface area contributed by atoms with Crippen molar-refractivity contribution in [2.75, 3.05) is 26.2 Å². The third-order valence-electron chi connectivity index (χ3n) is 4.00. The van der Waals surface area contributed by atoms with Crippen LogP contribution in [0, 0.1) is 5.82 Å². The maximum Gasteiger partial charge on any atom is 0.142 e. The lowest BCUT2D eigenvalue weighted by Gasteiger charge is -2.35. The van der Waals surface area contributed by atoms with E-state index in [4.69, 9.17) is 11.6 Å². The van der Waals surface area contributed by atoms with Crippen molar-refractivity contribution in [1.82, 2.24) is 10.2 Å². The van der Waals surface area contributed by atoms with Crippen molar-refractivity contribution >= 4 is 36.4 Å². The van der Waals surface area contributed by atoms with E-state index in [2.05, 4.69) is 17.1 Å². The van der Waals surface area contributed by atoms with Crippen molar-refractivity contribution in [3.63, 3.8) is 0 Å². The maximum atomic E-state index is 13.7. The van der Waals surface area contributed by atoms with E-state index in [-0.39, 0.29) is 35.7 Å². The summed E-state index contributed by atoms with van der Waals surface area (Å²) in [5, 5.41) is 3.58. The first-order chi connectivity index (χ1) is 9.72. The van der Waals surface area contributed by atoms with Gasteiger partial charge in [-0.05, 0) is 24.1 Å². The van der Waals surface area contributed by atoms with Crippen LogP contribution in [0.4, 0.5) is 4.39 Å². The van der Waals surface area contributed by atoms with Gasteiger partial charge in [0.1, 0.15) is 5.82 Å². The van der Waals surface area contributed by atoms with Gasteiger partial charge in [0.15, 0.2) is 0 Å². The first kappa shape index (κ1) is 21.9. The van der Waals surface area contributed by atoms with Crippen LogP contribution in [0.3, 0.4) is 0 Å². The van der Waals surface area contributed by atoms with Crippen molar-refractivity contribution < 1.29 is 4.39 Å². The number of nitrogens with zero attached hydrogens (tertiary/aromatic N) is 1. The summed E-state index contributed by atoms with van der Waals surface area (Å²) in [6, 6.07) is 5.59. The predicted octanol–water partition coefficient (Wildman–Crippen LogP) is 4.85. The molecule has 0 bridgehead atoms. The van der Waals surface area contributed by atoms with E-state index in [1.54, 1.807) is 12.1 Å². The van der Waals surface area contributed by atoms with E-state index < -0.39 is 0 Å². The third kappa shape index (κ3) is 6.21. The lowest BCUT2D eigenvalue weighted by molar-refractivity contribution is 0.162. The molecule has 0 unspecified atom stereocenters. The summed E-state index contributed by atoms with van der Waals surface area (Å²) < 4.78 is 13.7. The second-order valence-corrected chi connectivity index (χ2v) is 5.88. The largest absolute Gasteiger partial charge is 0.314 e. The molecule has 2 rings (SSSR count). The fraction of sp³-hybridized carbons (Fsp3) is 0.625. The van der Waals surface area contributed by atoms with Crippen molar-refractivity contribution in [2.24, 2.45) is 0 Å². The van der Waals surface area contributed by atoms with Crippen LogP contribution in [0.25, 0.3) is 0 Å². The standard InChI is InChI=1S/C16H24ClFN2.2ClH/c1-2-3-4-5-16(20-10-8-19-9-11-20)13-6-7-14(17)15(18)12-13;;/h6-7,12,16,19H,2-5,8-11H2,1H3;2*1H/t16-;;/m1../s1. The van der Waals surface area contributed by atoms with Gasteiger partial charge in [-0.25, -0.2) is 4.39 Å². The Balaban J connectivity index is 0.00000220. The van der Waals surface area contributed by atoms with Gasteiger partial charge in [0.05, 0.1) is 5.02 Å². The predicted molar refractivity (Wildman–Crippen MR) is 97.2 cm³/mol. The van der Waals surface area contributed by atoms with Crippen LogP contribution in [0.2, 0.25) is 5.02 Å². The van der Waals surface area contributed by atoms with Gasteiger partial charge >= 0.3 is 0 Å². The minimum absolute atomic E-state index is 0. The number of rotatable bonds is 6. The highest BCUT2D eigenvalue weighted by atomic mass is 35.5. The lowest BCUT2D eigenvalue weighted by Crippen LogP contribution is -2.45.